The first-order valence-electron chi connectivity index (χ1n) is 9.33. The molecule has 1 aliphatic heterocycles. The number of aromatic nitrogens is 3. The third-order valence-electron chi connectivity index (χ3n) is 4.97. The molecule has 1 saturated heterocycles. The Labute approximate surface area is 158 Å². The van der Waals surface area contributed by atoms with Crippen LogP contribution in [-0.2, 0) is 4.74 Å². The number of fused-ring (bicyclic) bond motifs is 1. The third kappa shape index (κ3) is 3.79. The van der Waals surface area contributed by atoms with Crippen LogP contribution in [0.15, 0.2) is 28.9 Å². The molecule has 0 radical (unpaired) electrons. The van der Waals surface area contributed by atoms with E-state index in [4.69, 9.17) is 9.15 Å². The van der Waals surface area contributed by atoms with Crippen LogP contribution in [-0.4, -0.2) is 52.7 Å². The minimum absolute atomic E-state index is 0.117. The van der Waals surface area contributed by atoms with Crippen LogP contribution in [0.4, 0.5) is 5.82 Å². The molecule has 7 heteroatoms. The molecule has 7 nitrogen and oxygen atoms in total. The van der Waals surface area contributed by atoms with Crippen molar-refractivity contribution >= 4 is 16.9 Å². The number of anilines is 1. The van der Waals surface area contributed by atoms with Crippen LogP contribution in [0.1, 0.15) is 28.8 Å². The summed E-state index contributed by atoms with van der Waals surface area (Å²) < 4.78 is 11.5. The Bertz CT molecular complexity index is 933. The summed E-state index contributed by atoms with van der Waals surface area (Å²) in [5, 5.41) is 4.49. The van der Waals surface area contributed by atoms with Gasteiger partial charge in [0.25, 0.3) is 0 Å². The summed E-state index contributed by atoms with van der Waals surface area (Å²) in [5.41, 5.74) is 2.81. The molecule has 3 aromatic heterocycles. The van der Waals surface area contributed by atoms with Crippen molar-refractivity contribution in [3.8, 4) is 0 Å². The molecule has 1 N–H and O–H groups in total. The van der Waals surface area contributed by atoms with E-state index in [1.165, 1.54) is 0 Å². The van der Waals surface area contributed by atoms with Crippen molar-refractivity contribution < 1.29 is 9.15 Å². The fourth-order valence-corrected chi connectivity index (χ4v) is 3.67. The Morgan fingerprint density at radius 2 is 1.96 bits per heavy atom. The molecule has 0 spiro atoms. The average Bonchev–Trinajstić information content (AvgIpc) is 3.08. The second-order valence-electron chi connectivity index (χ2n) is 6.99. The van der Waals surface area contributed by atoms with Gasteiger partial charge in [0.05, 0.1) is 24.6 Å². The van der Waals surface area contributed by atoms with Gasteiger partial charge in [0.2, 0.25) is 0 Å². The van der Waals surface area contributed by atoms with Gasteiger partial charge in [-0.1, -0.05) is 0 Å². The zero-order valence-electron chi connectivity index (χ0n) is 16.0. The highest BCUT2D eigenvalue weighted by atomic mass is 16.5. The molecule has 27 heavy (non-hydrogen) atoms. The second-order valence-corrected chi connectivity index (χ2v) is 6.99. The van der Waals surface area contributed by atoms with Gasteiger partial charge < -0.3 is 14.5 Å². The SMILES string of the molecule is Cc1cc(C)c2c(NCC(c3ccc(C)o3)N3CCOCC3)ncnc2n1. The van der Waals surface area contributed by atoms with E-state index < -0.39 is 0 Å². The van der Waals surface area contributed by atoms with Gasteiger partial charge in [0.15, 0.2) is 5.65 Å². The summed E-state index contributed by atoms with van der Waals surface area (Å²) in [7, 11) is 0. The highest BCUT2D eigenvalue weighted by Gasteiger charge is 2.25. The van der Waals surface area contributed by atoms with Gasteiger partial charge in [0, 0.05) is 25.3 Å². The number of nitrogens with zero attached hydrogens (tertiary/aromatic N) is 4. The molecular weight excluding hydrogens is 342 g/mol. The normalized spacial score (nSPS) is 16.6. The zero-order valence-corrected chi connectivity index (χ0v) is 16.0. The van der Waals surface area contributed by atoms with Gasteiger partial charge in [-0.05, 0) is 44.5 Å². The lowest BCUT2D eigenvalue weighted by Gasteiger charge is -2.33. The highest BCUT2D eigenvalue weighted by molar-refractivity contribution is 5.89. The van der Waals surface area contributed by atoms with E-state index in [-0.39, 0.29) is 6.04 Å². The number of nitrogens with one attached hydrogen (secondary N) is 1. The zero-order chi connectivity index (χ0) is 18.8. The van der Waals surface area contributed by atoms with E-state index in [0.717, 1.165) is 65.9 Å². The Balaban J connectivity index is 1.62. The van der Waals surface area contributed by atoms with Gasteiger partial charge >= 0.3 is 0 Å². The van der Waals surface area contributed by atoms with Crippen molar-refractivity contribution in [1.82, 2.24) is 19.9 Å². The molecule has 1 atom stereocenters. The van der Waals surface area contributed by atoms with Crippen molar-refractivity contribution in [3.63, 3.8) is 0 Å². The second kappa shape index (κ2) is 7.62. The number of morpholine rings is 1. The monoisotopic (exact) mass is 367 g/mol. The minimum Gasteiger partial charge on any atom is -0.465 e. The maximum Gasteiger partial charge on any atom is 0.165 e. The molecule has 0 aliphatic carbocycles. The average molecular weight is 367 g/mol. The summed E-state index contributed by atoms with van der Waals surface area (Å²) in [6.07, 6.45) is 1.57. The smallest absolute Gasteiger partial charge is 0.165 e. The molecule has 142 valence electrons. The Morgan fingerprint density at radius 3 is 2.70 bits per heavy atom. The summed E-state index contributed by atoms with van der Waals surface area (Å²) in [6.45, 7) is 9.97. The van der Waals surface area contributed by atoms with E-state index >= 15 is 0 Å². The largest absolute Gasteiger partial charge is 0.465 e. The van der Waals surface area contributed by atoms with Gasteiger partial charge in [0.1, 0.15) is 23.7 Å². The number of furan rings is 1. The van der Waals surface area contributed by atoms with Crippen LogP contribution in [0, 0.1) is 20.8 Å². The van der Waals surface area contributed by atoms with E-state index in [0.29, 0.717) is 6.54 Å². The van der Waals surface area contributed by atoms with E-state index in [9.17, 15) is 0 Å². The third-order valence-corrected chi connectivity index (χ3v) is 4.97. The number of ether oxygens (including phenoxy) is 1. The first-order valence-corrected chi connectivity index (χ1v) is 9.33. The fraction of sp³-hybridized carbons (Fsp3) is 0.450. The van der Waals surface area contributed by atoms with E-state index in [1.807, 2.05) is 19.9 Å². The van der Waals surface area contributed by atoms with Crippen LogP contribution in [0.3, 0.4) is 0 Å². The molecular formula is C20H25N5O2. The molecule has 1 aliphatic rings. The molecule has 1 fully saturated rings. The Kier molecular flexibility index (Phi) is 5.05. The van der Waals surface area contributed by atoms with Crippen molar-refractivity contribution in [3.05, 3.63) is 47.3 Å². The predicted molar refractivity (Wildman–Crippen MR) is 104 cm³/mol. The Hall–Kier alpha value is -2.51. The van der Waals surface area contributed by atoms with Gasteiger partial charge in [-0.2, -0.15) is 0 Å². The molecule has 0 amide bonds. The number of rotatable bonds is 5. The Morgan fingerprint density at radius 1 is 1.15 bits per heavy atom. The van der Waals surface area contributed by atoms with Gasteiger partial charge in [-0.25, -0.2) is 15.0 Å². The van der Waals surface area contributed by atoms with Crippen LogP contribution in [0.2, 0.25) is 0 Å². The van der Waals surface area contributed by atoms with Gasteiger partial charge in [-0.3, -0.25) is 4.90 Å². The summed E-state index contributed by atoms with van der Waals surface area (Å²) >= 11 is 0. The van der Waals surface area contributed by atoms with Crippen LogP contribution in [0.5, 0.6) is 0 Å². The summed E-state index contributed by atoms with van der Waals surface area (Å²) in [6, 6.07) is 6.25. The number of hydrogen-bond donors (Lipinski definition) is 1. The molecule has 3 aromatic rings. The number of aryl methyl sites for hydroxylation is 3. The van der Waals surface area contributed by atoms with Crippen LogP contribution >= 0.6 is 0 Å². The maximum absolute atomic E-state index is 5.95. The van der Waals surface area contributed by atoms with Crippen molar-refractivity contribution in [2.75, 3.05) is 38.2 Å². The van der Waals surface area contributed by atoms with Crippen molar-refractivity contribution in [2.45, 2.75) is 26.8 Å². The summed E-state index contributed by atoms with van der Waals surface area (Å²) in [5.74, 6) is 2.70. The van der Waals surface area contributed by atoms with E-state index in [2.05, 4.69) is 44.2 Å². The molecule has 0 aromatic carbocycles. The molecule has 1 unspecified atom stereocenters. The quantitative estimate of drug-likeness (QED) is 0.743. The maximum atomic E-state index is 5.95. The van der Waals surface area contributed by atoms with Crippen molar-refractivity contribution in [1.29, 1.82) is 0 Å². The lowest BCUT2D eigenvalue weighted by atomic mass is 10.1. The molecule has 0 bridgehead atoms. The van der Waals surface area contributed by atoms with Crippen molar-refractivity contribution in [2.24, 2.45) is 0 Å². The molecule has 4 rings (SSSR count). The van der Waals surface area contributed by atoms with Crippen LogP contribution < -0.4 is 5.32 Å². The topological polar surface area (TPSA) is 76.3 Å². The minimum atomic E-state index is 0.117. The van der Waals surface area contributed by atoms with E-state index in [1.54, 1.807) is 6.33 Å². The first kappa shape index (κ1) is 17.9. The first-order chi connectivity index (χ1) is 13.1. The fourth-order valence-electron chi connectivity index (χ4n) is 3.67. The lowest BCUT2D eigenvalue weighted by molar-refractivity contribution is 0.0143. The number of hydrogen-bond acceptors (Lipinski definition) is 7. The van der Waals surface area contributed by atoms with Gasteiger partial charge in [-0.15, -0.1) is 0 Å². The summed E-state index contributed by atoms with van der Waals surface area (Å²) in [4.78, 5) is 15.7. The lowest BCUT2D eigenvalue weighted by Crippen LogP contribution is -2.41. The van der Waals surface area contributed by atoms with Crippen LogP contribution in [0.25, 0.3) is 11.0 Å². The standard InChI is InChI=1S/C20H25N5O2/c1-13-10-14(2)24-20-18(13)19(22-12-23-20)21-11-16(17-5-4-15(3)27-17)25-6-8-26-9-7-25/h4-5,10,12,16H,6-9,11H2,1-3H3,(H,21,22,23,24). The predicted octanol–water partition coefficient (Wildman–Crippen LogP) is 3.03. The highest BCUT2D eigenvalue weighted by Crippen LogP contribution is 2.27. The number of pyridine rings is 1. The molecule has 4 heterocycles. The molecule has 0 saturated carbocycles.